The number of halogens is 1. The summed E-state index contributed by atoms with van der Waals surface area (Å²) in [5.74, 6) is 0.676. The molecule has 1 aliphatic rings. The number of hydrogen-bond acceptors (Lipinski definition) is 3. The van der Waals surface area contributed by atoms with E-state index in [9.17, 15) is 14.9 Å². The first kappa shape index (κ1) is 12.8. The van der Waals surface area contributed by atoms with E-state index in [1.807, 2.05) is 0 Å². The van der Waals surface area contributed by atoms with E-state index in [1.54, 1.807) is 0 Å². The van der Waals surface area contributed by atoms with Crippen LogP contribution in [0.1, 0.15) is 23.7 Å². The highest BCUT2D eigenvalue weighted by atomic mass is 35.5. The Kier molecular flexibility index (Phi) is 3.52. The number of nitro groups is 1. The topological polar surface area (TPSA) is 72.2 Å². The summed E-state index contributed by atoms with van der Waals surface area (Å²) in [6, 6.07) is 4.35. The van der Waals surface area contributed by atoms with Crippen molar-refractivity contribution in [3.63, 3.8) is 0 Å². The third kappa shape index (κ3) is 2.61. The third-order valence-electron chi connectivity index (χ3n) is 3.21. The van der Waals surface area contributed by atoms with Crippen molar-refractivity contribution in [1.82, 2.24) is 5.32 Å². The normalized spacial score (nSPS) is 21.4. The Morgan fingerprint density at radius 1 is 1.61 bits per heavy atom. The number of nitro benzene ring substituents is 1. The number of nitrogens with one attached hydrogen (secondary N) is 1. The summed E-state index contributed by atoms with van der Waals surface area (Å²) in [6.07, 6.45) is 1.10. The first-order valence-electron chi connectivity index (χ1n) is 5.71. The maximum Gasteiger partial charge on any atom is 0.300 e. The predicted molar refractivity (Wildman–Crippen MR) is 67.7 cm³/mol. The molecular formula is C12H13ClN2O3. The number of carbonyl (C=O) groups excluding carboxylic acids is 1. The van der Waals surface area contributed by atoms with Gasteiger partial charge in [0, 0.05) is 6.54 Å². The summed E-state index contributed by atoms with van der Waals surface area (Å²) in [6.45, 7) is 2.67. The second-order valence-electron chi connectivity index (χ2n) is 4.58. The maximum absolute atomic E-state index is 11.9. The summed E-state index contributed by atoms with van der Waals surface area (Å²) in [7, 11) is 0. The average Bonchev–Trinajstić information content (AvgIpc) is 3.01. The monoisotopic (exact) mass is 268 g/mol. The molecule has 2 unspecified atom stereocenters. The van der Waals surface area contributed by atoms with Crippen LogP contribution in [-0.2, 0) is 0 Å². The van der Waals surface area contributed by atoms with Crippen LogP contribution < -0.4 is 5.32 Å². The molecule has 2 rings (SSSR count). The SMILES string of the molecule is CC1CC1CNC(=O)c1cccc(Cl)c1[N+](=O)[O-]. The molecule has 0 aliphatic heterocycles. The summed E-state index contributed by atoms with van der Waals surface area (Å²) in [5, 5.41) is 13.6. The van der Waals surface area contributed by atoms with Crippen LogP contribution in [0.15, 0.2) is 18.2 Å². The fourth-order valence-corrected chi connectivity index (χ4v) is 2.13. The van der Waals surface area contributed by atoms with E-state index in [4.69, 9.17) is 11.6 Å². The highest BCUT2D eigenvalue weighted by Gasteiger charge is 2.33. The fourth-order valence-electron chi connectivity index (χ4n) is 1.89. The molecule has 5 nitrogen and oxygen atoms in total. The van der Waals surface area contributed by atoms with Crippen LogP contribution >= 0.6 is 11.6 Å². The Morgan fingerprint density at radius 3 is 2.83 bits per heavy atom. The molecule has 18 heavy (non-hydrogen) atoms. The fraction of sp³-hybridized carbons (Fsp3) is 0.417. The molecule has 0 spiro atoms. The highest BCUT2D eigenvalue weighted by molar-refractivity contribution is 6.33. The van der Waals surface area contributed by atoms with E-state index in [1.165, 1.54) is 18.2 Å². The molecule has 1 saturated carbocycles. The number of nitrogens with zero attached hydrogens (tertiary/aromatic N) is 1. The molecular weight excluding hydrogens is 256 g/mol. The van der Waals surface area contributed by atoms with Crippen LogP contribution in [-0.4, -0.2) is 17.4 Å². The van der Waals surface area contributed by atoms with E-state index >= 15 is 0 Å². The zero-order chi connectivity index (χ0) is 13.3. The van der Waals surface area contributed by atoms with Crippen LogP contribution in [0.4, 0.5) is 5.69 Å². The Bertz CT molecular complexity index is 504. The molecule has 0 heterocycles. The minimum atomic E-state index is -0.628. The van der Waals surface area contributed by atoms with Crippen molar-refractivity contribution < 1.29 is 9.72 Å². The van der Waals surface area contributed by atoms with Crippen LogP contribution in [0, 0.1) is 22.0 Å². The lowest BCUT2D eigenvalue weighted by molar-refractivity contribution is -0.385. The summed E-state index contributed by atoms with van der Waals surface area (Å²) >= 11 is 5.75. The van der Waals surface area contributed by atoms with Crippen molar-refractivity contribution in [1.29, 1.82) is 0 Å². The van der Waals surface area contributed by atoms with Crippen LogP contribution in [0.2, 0.25) is 5.02 Å². The molecule has 0 bridgehead atoms. The van der Waals surface area contributed by atoms with Gasteiger partial charge in [0.25, 0.3) is 5.91 Å². The van der Waals surface area contributed by atoms with Crippen molar-refractivity contribution in [3.05, 3.63) is 38.9 Å². The molecule has 1 N–H and O–H groups in total. The van der Waals surface area contributed by atoms with Gasteiger partial charge in [-0.15, -0.1) is 0 Å². The number of hydrogen-bond donors (Lipinski definition) is 1. The molecule has 96 valence electrons. The Balaban J connectivity index is 2.14. The lowest BCUT2D eigenvalue weighted by Gasteiger charge is -2.05. The molecule has 0 radical (unpaired) electrons. The van der Waals surface area contributed by atoms with Crippen molar-refractivity contribution in [2.75, 3.05) is 6.54 Å². The number of para-hydroxylation sites is 1. The Morgan fingerprint density at radius 2 is 2.28 bits per heavy atom. The van der Waals surface area contributed by atoms with Crippen molar-refractivity contribution in [2.24, 2.45) is 11.8 Å². The third-order valence-corrected chi connectivity index (χ3v) is 3.52. The smallest absolute Gasteiger partial charge is 0.300 e. The van der Waals surface area contributed by atoms with E-state index in [0.717, 1.165) is 6.42 Å². The van der Waals surface area contributed by atoms with E-state index in [0.29, 0.717) is 18.4 Å². The molecule has 1 fully saturated rings. The van der Waals surface area contributed by atoms with Gasteiger partial charge in [-0.3, -0.25) is 14.9 Å². The van der Waals surface area contributed by atoms with Gasteiger partial charge in [-0.05, 0) is 30.4 Å². The first-order valence-corrected chi connectivity index (χ1v) is 6.09. The Hall–Kier alpha value is -1.62. The Labute approximate surface area is 109 Å². The lowest BCUT2D eigenvalue weighted by Crippen LogP contribution is -2.26. The lowest BCUT2D eigenvalue weighted by atomic mass is 10.1. The van der Waals surface area contributed by atoms with Gasteiger partial charge in [0.05, 0.1) is 4.92 Å². The summed E-state index contributed by atoms with van der Waals surface area (Å²) < 4.78 is 0. The molecule has 0 saturated heterocycles. The van der Waals surface area contributed by atoms with Crippen LogP contribution in [0.25, 0.3) is 0 Å². The minimum Gasteiger partial charge on any atom is -0.352 e. The second-order valence-corrected chi connectivity index (χ2v) is 4.98. The summed E-state index contributed by atoms with van der Waals surface area (Å²) in [4.78, 5) is 22.1. The van der Waals surface area contributed by atoms with Gasteiger partial charge in [0.2, 0.25) is 0 Å². The van der Waals surface area contributed by atoms with Gasteiger partial charge < -0.3 is 5.32 Å². The van der Waals surface area contributed by atoms with Gasteiger partial charge in [-0.25, -0.2) is 0 Å². The standard InChI is InChI=1S/C12H13ClN2O3/c1-7-5-8(7)6-14-12(16)9-3-2-4-10(13)11(9)15(17)18/h2-4,7-8H,5-6H2,1H3,(H,14,16). The summed E-state index contributed by atoms with van der Waals surface area (Å²) in [5.41, 5.74) is -0.318. The highest BCUT2D eigenvalue weighted by Crippen LogP contribution is 2.37. The molecule has 1 amide bonds. The molecule has 2 atom stereocenters. The number of carbonyl (C=O) groups is 1. The van der Waals surface area contributed by atoms with Crippen molar-refractivity contribution >= 4 is 23.2 Å². The number of rotatable bonds is 4. The number of amides is 1. The van der Waals surface area contributed by atoms with E-state index in [-0.39, 0.29) is 16.3 Å². The second kappa shape index (κ2) is 4.94. The van der Waals surface area contributed by atoms with Gasteiger partial charge in [-0.1, -0.05) is 24.6 Å². The van der Waals surface area contributed by atoms with Gasteiger partial charge in [0.15, 0.2) is 0 Å². The first-order chi connectivity index (χ1) is 8.50. The largest absolute Gasteiger partial charge is 0.352 e. The van der Waals surface area contributed by atoms with Crippen molar-refractivity contribution in [2.45, 2.75) is 13.3 Å². The molecule has 1 aromatic rings. The molecule has 6 heteroatoms. The molecule has 0 aromatic heterocycles. The van der Waals surface area contributed by atoms with Crippen LogP contribution in [0.3, 0.4) is 0 Å². The zero-order valence-corrected chi connectivity index (χ0v) is 10.6. The van der Waals surface area contributed by atoms with Crippen LogP contribution in [0.5, 0.6) is 0 Å². The maximum atomic E-state index is 11.9. The quantitative estimate of drug-likeness (QED) is 0.674. The molecule has 1 aromatic carbocycles. The van der Waals surface area contributed by atoms with Crippen molar-refractivity contribution in [3.8, 4) is 0 Å². The average molecular weight is 269 g/mol. The number of benzene rings is 1. The predicted octanol–water partition coefficient (Wildman–Crippen LogP) is 2.63. The van der Waals surface area contributed by atoms with E-state index < -0.39 is 10.8 Å². The van der Waals surface area contributed by atoms with Gasteiger partial charge in [0.1, 0.15) is 10.6 Å². The van der Waals surface area contributed by atoms with E-state index in [2.05, 4.69) is 12.2 Å². The minimum absolute atomic E-state index is 0.0146. The van der Waals surface area contributed by atoms with Gasteiger partial charge >= 0.3 is 5.69 Å². The van der Waals surface area contributed by atoms with Gasteiger partial charge in [-0.2, -0.15) is 0 Å². The molecule has 1 aliphatic carbocycles. The zero-order valence-electron chi connectivity index (χ0n) is 9.85.